The second kappa shape index (κ2) is 73.8. The zero-order chi connectivity index (χ0) is 81.8. The topological polar surface area (TPSA) is 407 Å². The van der Waals surface area contributed by atoms with E-state index in [9.17, 15) is 15.0 Å². The molecule has 6 heterocycles. The van der Waals surface area contributed by atoms with E-state index in [1.807, 2.05) is 56.3 Å². The molecule has 638 valence electrons. The van der Waals surface area contributed by atoms with E-state index in [0.717, 1.165) is 119 Å². The summed E-state index contributed by atoms with van der Waals surface area (Å²) in [5, 5.41) is 73.0. The minimum Gasteiger partial charge on any atom is -0.497 e. The largest absolute Gasteiger partial charge is 1.00 e. The Morgan fingerprint density at radius 3 is 1.39 bits per heavy atom. The average molecular weight is 1610 g/mol. The van der Waals surface area contributed by atoms with Crippen molar-refractivity contribution in [2.24, 2.45) is 29.2 Å². The number of methoxy groups -OCH3 is 2. The predicted molar refractivity (Wildman–Crippen MR) is 468 cm³/mol. The van der Waals surface area contributed by atoms with Gasteiger partial charge in [-0.15, -0.1) is 0 Å². The summed E-state index contributed by atoms with van der Waals surface area (Å²) in [6.45, 7) is 31.2. The number of nitrogens with zero attached hydrogens (tertiary/aromatic N) is 9. The molecule has 0 aliphatic heterocycles. The van der Waals surface area contributed by atoms with Gasteiger partial charge in [-0.2, -0.15) is 9.97 Å². The fourth-order valence-corrected chi connectivity index (χ4v) is 10.1. The van der Waals surface area contributed by atoms with Crippen molar-refractivity contribution >= 4 is 86.1 Å². The van der Waals surface area contributed by atoms with Crippen molar-refractivity contribution in [3.05, 3.63) is 96.6 Å². The fourth-order valence-electron chi connectivity index (χ4n) is 9.62. The van der Waals surface area contributed by atoms with Gasteiger partial charge < -0.3 is 90.6 Å². The Hall–Kier alpha value is -6.02. The molecule has 16 N–H and O–H groups in total. The maximum atomic E-state index is 10.2. The Balaban J connectivity index is -0.000000302. The first-order valence-electron chi connectivity index (χ1n) is 39.1. The van der Waals surface area contributed by atoms with Crippen LogP contribution in [0.1, 0.15) is 259 Å². The molecule has 0 spiro atoms. The van der Waals surface area contributed by atoms with E-state index in [0.29, 0.717) is 70.2 Å². The molecule has 7 rings (SSSR count). The van der Waals surface area contributed by atoms with Crippen LogP contribution in [0.2, 0.25) is 10.4 Å². The van der Waals surface area contributed by atoms with Crippen LogP contribution in [0.5, 0.6) is 11.5 Å². The van der Waals surface area contributed by atoms with Crippen LogP contribution in [0.15, 0.2) is 73.2 Å². The molecule has 0 radical (unpaired) electrons. The standard InChI is InChI=1S/C23H31N5O3.C14H21N5O.C8H18O.C7H3Cl2N3.C7H17NO.C7H16O.C7H14O.C6H15NO.C2H6O.2CH4.CH3.Li/c1-5-6-8-18(15(2)29)26-22-21-19(9-7-12-24-21)27-23(28-22)25-14-16-10-11-17(30-3)13-20(16)31-4;1-3-4-6-10(9(2)20)17-13-12-11(7-5-8-16-12)18-14(15)19-13;1-4-5-6-7(2)8(3)9;8-6-5-4(2-1-3-10-5)11-7(9)12-6;1-3-4-5-7(8)6(2)9;2*1-3-4-5-7(2)6-8;1-2-3-4-6(7)5-8;1-2-3;;;;/h7,9-13,15,18,29H,5-6,8,14H2,1-4H3,(H2,25,26,27,28);5,7-10,20H,3-4,6H2,1-2H3,(H3,15,17,18,19);7-9H,4-6H2,1-3H3;1-3H;6-7,9H,3-5,8H2,1-2H3;7-8H,3-6H2,1-2H3;6-7H,3-5H2,1-2H3;6,8H,2-5,7H2,1H3;3H,2H2,1H3;2*1H4;1H3;/q;;;;;;;;;;;-1;+1/t;;;;;7-;;6-;;;;;/m.....1.1...../s1. The maximum absolute atomic E-state index is 10.2. The van der Waals surface area contributed by atoms with Crippen LogP contribution < -0.4 is 61.5 Å². The number of anilines is 4. The van der Waals surface area contributed by atoms with E-state index in [-0.39, 0.29) is 113 Å². The van der Waals surface area contributed by atoms with Crippen molar-refractivity contribution in [1.82, 2.24) is 44.9 Å². The number of rotatable bonds is 37. The van der Waals surface area contributed by atoms with Crippen LogP contribution in [0.4, 0.5) is 23.5 Å². The molecule has 28 heteroatoms. The van der Waals surface area contributed by atoms with Crippen molar-refractivity contribution < 1.29 is 68.9 Å². The summed E-state index contributed by atoms with van der Waals surface area (Å²) < 4.78 is 10.7. The van der Waals surface area contributed by atoms with Gasteiger partial charge in [0.15, 0.2) is 16.8 Å². The summed E-state index contributed by atoms with van der Waals surface area (Å²) in [5.74, 6) is 4.58. The number of halogens is 2. The monoisotopic (exact) mass is 1610 g/mol. The number of hydrogen-bond donors (Lipinski definition) is 13. The number of carbonyl (C=O) groups is 1. The van der Waals surface area contributed by atoms with E-state index in [1.54, 1.807) is 72.6 Å². The van der Waals surface area contributed by atoms with E-state index >= 15 is 0 Å². The molecule has 0 saturated heterocycles. The Bertz CT molecular complexity index is 3310. The number of aliphatic hydroxyl groups excluding tert-OH is 7. The zero-order valence-corrected chi connectivity index (χ0v) is 71.9. The second-order valence-electron chi connectivity index (χ2n) is 27.0. The number of nitrogens with one attached hydrogen (secondary N) is 3. The van der Waals surface area contributed by atoms with Gasteiger partial charge in [0.25, 0.3) is 0 Å². The number of pyridine rings is 3. The molecule has 112 heavy (non-hydrogen) atoms. The Morgan fingerprint density at radius 1 is 0.518 bits per heavy atom. The molecule has 0 bridgehead atoms. The summed E-state index contributed by atoms with van der Waals surface area (Å²) >= 11 is 11.4. The summed E-state index contributed by atoms with van der Waals surface area (Å²) in [4.78, 5) is 48.1. The van der Waals surface area contributed by atoms with Crippen LogP contribution in [0, 0.1) is 25.2 Å². The molecule has 11 atom stereocenters. The number of aromatic nitrogens is 9. The molecule has 0 saturated carbocycles. The number of nitrogen functional groups attached to an aromatic ring is 1. The van der Waals surface area contributed by atoms with Crippen molar-refractivity contribution in [2.75, 3.05) is 55.7 Å². The van der Waals surface area contributed by atoms with E-state index < -0.39 is 12.2 Å². The minimum atomic E-state index is -0.514. The molecule has 0 aliphatic rings. The predicted octanol–water partition coefficient (Wildman–Crippen LogP) is 14.4. The molecule has 9 unspecified atom stereocenters. The maximum Gasteiger partial charge on any atom is 1.00 e. The Kier molecular flexibility index (Phi) is 77.0. The third-order valence-corrected chi connectivity index (χ3v) is 17.3. The van der Waals surface area contributed by atoms with Crippen molar-refractivity contribution in [2.45, 2.75) is 309 Å². The normalized spacial score (nSPS) is 13.1. The van der Waals surface area contributed by atoms with Crippen LogP contribution in [-0.4, -0.2) is 170 Å². The third-order valence-electron chi connectivity index (χ3n) is 16.9. The summed E-state index contributed by atoms with van der Waals surface area (Å²) in [6.07, 6.45) is 27.7. The first-order chi connectivity index (χ1) is 51.6. The number of ether oxygens (including phenoxy) is 2. The zero-order valence-electron chi connectivity index (χ0n) is 70.4. The second-order valence-corrected chi connectivity index (χ2v) is 27.7. The number of unbranched alkanes of at least 4 members (excludes halogenated alkanes) is 7. The number of carbonyl (C=O) groups excluding carboxylic acids is 1. The number of nitrogens with two attached hydrogens (primary N) is 3. The molecule has 0 fully saturated rings. The number of fused-ring (bicyclic) bond motifs is 3. The van der Waals surface area contributed by atoms with Crippen LogP contribution in [0.3, 0.4) is 0 Å². The van der Waals surface area contributed by atoms with E-state index in [4.69, 9.17) is 75.4 Å². The van der Waals surface area contributed by atoms with Gasteiger partial charge in [-0.25, -0.2) is 19.9 Å². The molecule has 1 aromatic carbocycles. The summed E-state index contributed by atoms with van der Waals surface area (Å²) in [6, 6.07) is 16.4. The van der Waals surface area contributed by atoms with Gasteiger partial charge in [0.1, 0.15) is 34.3 Å². The first kappa shape index (κ1) is 117. The van der Waals surface area contributed by atoms with Gasteiger partial charge in [0.05, 0.1) is 73.9 Å². The van der Waals surface area contributed by atoms with Gasteiger partial charge >= 0.3 is 18.9 Å². The quantitative estimate of drug-likeness (QED) is 0.00565. The van der Waals surface area contributed by atoms with Crippen molar-refractivity contribution in [3.63, 3.8) is 0 Å². The summed E-state index contributed by atoms with van der Waals surface area (Å²) in [5.41, 5.74) is 21.6. The molecular weight excluding hydrogens is 1460 g/mol. The first-order valence-corrected chi connectivity index (χ1v) is 39.8. The molecule has 7 aromatic rings. The molecule has 25 nitrogen and oxygen atoms in total. The smallest absolute Gasteiger partial charge is 0.497 e. The number of aldehydes is 1. The van der Waals surface area contributed by atoms with Gasteiger partial charge in [-0.05, 0) is 152 Å². The van der Waals surface area contributed by atoms with Gasteiger partial charge in [-0.3, -0.25) is 15.0 Å². The van der Waals surface area contributed by atoms with Crippen molar-refractivity contribution in [1.29, 1.82) is 0 Å². The Labute approximate surface area is 697 Å². The average Bonchev–Trinajstić information content (AvgIpc) is 0.822. The van der Waals surface area contributed by atoms with Crippen LogP contribution in [0.25, 0.3) is 33.1 Å². The Morgan fingerprint density at radius 2 is 0.955 bits per heavy atom. The molecule has 0 amide bonds. The summed E-state index contributed by atoms with van der Waals surface area (Å²) in [7, 11) is 3.25. The number of benzene rings is 1. The van der Waals surface area contributed by atoms with Gasteiger partial charge in [0.2, 0.25) is 17.2 Å². The fraction of sp³-hybridized carbons (Fsp3) is 0.655. The van der Waals surface area contributed by atoms with E-state index in [2.05, 4.69) is 123 Å². The SMILES string of the molecule is C.C.CCCCC(C)C(C)O.CCCCC(C)C=O.CCCCC(N)C(C)O.CCCCC(Nc1nc(N)nc2cccnc12)C(C)O.CCCCC(Nc1nc(NCc2ccc(OC)cc2OC)nc2cccnc12)C(C)O.CCCC[C@@H](C)CO.CCCC[C@@H](N)CO.CCO.Clc1nc(Cl)c2ncccc2n1.[CH3-].[Li+]. The molecular formula is C84H152Cl2LiN15O10. The molecule has 0 aliphatic carbocycles. The number of hydrogen-bond acceptors (Lipinski definition) is 25. The van der Waals surface area contributed by atoms with Gasteiger partial charge in [-0.1, -0.05) is 186 Å². The number of aliphatic hydroxyl groups is 7. The van der Waals surface area contributed by atoms with E-state index in [1.165, 1.54) is 44.9 Å². The van der Waals surface area contributed by atoms with Crippen molar-refractivity contribution in [3.8, 4) is 11.5 Å². The third kappa shape index (κ3) is 53.9. The van der Waals surface area contributed by atoms with Crippen LogP contribution in [-0.2, 0) is 11.3 Å². The molecule has 6 aromatic heterocycles. The van der Waals surface area contributed by atoms with Crippen LogP contribution >= 0.6 is 23.2 Å². The van der Waals surface area contributed by atoms with Gasteiger partial charge in [0, 0.05) is 68.0 Å². The minimum absolute atomic E-state index is 0.